The molecule has 23 heavy (non-hydrogen) atoms. The van der Waals surface area contributed by atoms with Crippen molar-refractivity contribution in [3.05, 3.63) is 18.1 Å². The number of carbonyl (C=O) groups is 1. The fourth-order valence-corrected chi connectivity index (χ4v) is 4.25. The van der Waals surface area contributed by atoms with Crippen LogP contribution in [0.2, 0.25) is 0 Å². The minimum absolute atomic E-state index is 0.0675. The number of aryl methyl sites for hydroxylation is 1. The molecule has 2 unspecified atom stereocenters. The first-order chi connectivity index (χ1) is 11.2. The van der Waals surface area contributed by atoms with E-state index in [2.05, 4.69) is 33.0 Å². The quantitative estimate of drug-likeness (QED) is 0.799. The summed E-state index contributed by atoms with van der Waals surface area (Å²) in [5.41, 5.74) is 0.627. The van der Waals surface area contributed by atoms with Crippen molar-refractivity contribution in [1.29, 1.82) is 0 Å². The van der Waals surface area contributed by atoms with E-state index in [0.717, 1.165) is 43.7 Å². The van der Waals surface area contributed by atoms with Gasteiger partial charge in [0, 0.05) is 24.8 Å². The molecule has 2 aliphatic rings. The Bertz CT molecular complexity index is 758. The number of hydrogen-bond donors (Lipinski definition) is 0. The number of fused-ring (bicyclic) bond motifs is 2. The van der Waals surface area contributed by atoms with Crippen molar-refractivity contribution in [3.8, 4) is 0 Å². The average molecular weight is 315 g/mol. The van der Waals surface area contributed by atoms with Gasteiger partial charge in [0.1, 0.15) is 12.1 Å². The molecule has 1 aliphatic carbocycles. The molecule has 1 aliphatic heterocycles. The molecule has 1 saturated heterocycles. The Morgan fingerprint density at radius 1 is 1.52 bits per heavy atom. The molecular formula is C16H21N5O2. The summed E-state index contributed by atoms with van der Waals surface area (Å²) in [5.74, 6) is 1.87. The molecule has 7 heteroatoms. The van der Waals surface area contributed by atoms with Gasteiger partial charge in [-0.15, -0.1) is 0 Å². The summed E-state index contributed by atoms with van der Waals surface area (Å²) in [5, 5.41) is 4.31. The van der Waals surface area contributed by atoms with Gasteiger partial charge in [-0.05, 0) is 25.2 Å². The third kappa shape index (κ3) is 2.02. The van der Waals surface area contributed by atoms with Crippen molar-refractivity contribution < 1.29 is 9.53 Å². The summed E-state index contributed by atoms with van der Waals surface area (Å²) >= 11 is 0. The Kier molecular flexibility index (Phi) is 3.25. The Labute approximate surface area is 134 Å². The smallest absolute Gasteiger partial charge is 0.313 e. The van der Waals surface area contributed by atoms with Gasteiger partial charge in [0.15, 0.2) is 0 Å². The predicted molar refractivity (Wildman–Crippen MR) is 84.2 cm³/mol. The molecule has 122 valence electrons. The van der Waals surface area contributed by atoms with Gasteiger partial charge < -0.3 is 9.64 Å². The van der Waals surface area contributed by atoms with E-state index in [4.69, 9.17) is 4.74 Å². The highest BCUT2D eigenvalue weighted by atomic mass is 16.5. The number of esters is 1. The average Bonchev–Trinajstić information content (AvgIpc) is 3.26. The lowest BCUT2D eigenvalue weighted by atomic mass is 9.81. The third-order valence-electron chi connectivity index (χ3n) is 5.43. The zero-order chi connectivity index (χ0) is 16.0. The Balaban J connectivity index is 1.75. The number of hydrogen-bond acceptors (Lipinski definition) is 6. The number of carbonyl (C=O) groups excluding carboxylic acids is 1. The van der Waals surface area contributed by atoms with Gasteiger partial charge in [-0.1, -0.05) is 13.3 Å². The number of nitrogens with zero attached hydrogens (tertiary/aromatic N) is 5. The molecule has 0 spiro atoms. The second-order valence-corrected chi connectivity index (χ2v) is 6.55. The summed E-state index contributed by atoms with van der Waals surface area (Å²) in [6, 6.07) is 2.06. The molecule has 4 rings (SSSR count). The lowest BCUT2D eigenvalue weighted by Crippen LogP contribution is -2.37. The van der Waals surface area contributed by atoms with E-state index in [9.17, 15) is 4.79 Å². The van der Waals surface area contributed by atoms with Crippen LogP contribution in [0.25, 0.3) is 5.78 Å². The van der Waals surface area contributed by atoms with Crippen molar-refractivity contribution in [2.75, 3.05) is 25.1 Å². The zero-order valence-corrected chi connectivity index (χ0v) is 13.5. The van der Waals surface area contributed by atoms with E-state index < -0.39 is 0 Å². The van der Waals surface area contributed by atoms with Crippen LogP contribution in [-0.4, -0.2) is 45.8 Å². The van der Waals surface area contributed by atoms with Gasteiger partial charge in [0.25, 0.3) is 5.78 Å². The minimum Gasteiger partial charge on any atom is -0.469 e. The van der Waals surface area contributed by atoms with Gasteiger partial charge in [-0.25, -0.2) is 4.98 Å². The third-order valence-corrected chi connectivity index (χ3v) is 5.43. The van der Waals surface area contributed by atoms with Crippen LogP contribution in [0, 0.1) is 11.3 Å². The fraction of sp³-hybridized carbons (Fsp3) is 0.625. The van der Waals surface area contributed by atoms with Crippen LogP contribution in [0.5, 0.6) is 0 Å². The van der Waals surface area contributed by atoms with E-state index in [-0.39, 0.29) is 11.4 Å². The van der Waals surface area contributed by atoms with Crippen molar-refractivity contribution in [1.82, 2.24) is 19.6 Å². The number of ether oxygens (including phenoxy) is 1. The van der Waals surface area contributed by atoms with Crippen LogP contribution >= 0.6 is 0 Å². The maximum absolute atomic E-state index is 12.4. The van der Waals surface area contributed by atoms with E-state index in [0.29, 0.717) is 18.2 Å². The summed E-state index contributed by atoms with van der Waals surface area (Å²) in [6.45, 7) is 3.62. The molecule has 7 nitrogen and oxygen atoms in total. The normalized spacial score (nSPS) is 26.7. The first kappa shape index (κ1) is 14.4. The summed E-state index contributed by atoms with van der Waals surface area (Å²) in [6.07, 6.45) is 5.46. The Morgan fingerprint density at radius 3 is 3.17 bits per heavy atom. The van der Waals surface area contributed by atoms with Crippen LogP contribution in [0.3, 0.4) is 0 Å². The van der Waals surface area contributed by atoms with Crippen LogP contribution in [0.15, 0.2) is 12.4 Å². The molecule has 0 aromatic carbocycles. The highest BCUT2D eigenvalue weighted by Crippen LogP contribution is 2.50. The number of aromatic nitrogens is 4. The minimum atomic E-state index is -0.364. The maximum Gasteiger partial charge on any atom is 0.313 e. The van der Waals surface area contributed by atoms with Gasteiger partial charge in [-0.2, -0.15) is 14.6 Å². The van der Waals surface area contributed by atoms with Gasteiger partial charge in [0.05, 0.1) is 12.5 Å². The van der Waals surface area contributed by atoms with Crippen molar-refractivity contribution in [3.63, 3.8) is 0 Å². The lowest BCUT2D eigenvalue weighted by Gasteiger charge is -2.26. The fourth-order valence-electron chi connectivity index (χ4n) is 4.25. The first-order valence-electron chi connectivity index (χ1n) is 8.21. The van der Waals surface area contributed by atoms with Crippen molar-refractivity contribution >= 4 is 17.6 Å². The predicted octanol–water partition coefficient (Wildman–Crippen LogP) is 1.47. The standard InChI is InChI=1S/C16H21N5O2/c1-3-12-7-13(21-15(19-12)17-10-18-21)20-8-11-5-4-6-16(11,9-20)14(22)23-2/h7,10-11H,3-6,8-9H2,1-2H3. The SMILES string of the molecule is CCc1cc(N2CC3CCCC3(C(=O)OC)C2)n2ncnc2n1. The summed E-state index contributed by atoms with van der Waals surface area (Å²) < 4.78 is 6.90. The lowest BCUT2D eigenvalue weighted by molar-refractivity contribution is -0.152. The number of anilines is 1. The van der Waals surface area contributed by atoms with Gasteiger partial charge in [-0.3, -0.25) is 4.79 Å². The summed E-state index contributed by atoms with van der Waals surface area (Å²) in [7, 11) is 1.49. The monoisotopic (exact) mass is 315 g/mol. The van der Waals surface area contributed by atoms with Crippen LogP contribution in [-0.2, 0) is 16.0 Å². The van der Waals surface area contributed by atoms with E-state index in [1.807, 2.05) is 0 Å². The number of methoxy groups -OCH3 is 1. The molecule has 2 atom stereocenters. The molecule has 2 aromatic rings. The molecule has 2 aromatic heterocycles. The second-order valence-electron chi connectivity index (χ2n) is 6.55. The van der Waals surface area contributed by atoms with E-state index in [1.165, 1.54) is 13.4 Å². The van der Waals surface area contributed by atoms with Crippen LogP contribution in [0.1, 0.15) is 31.9 Å². The molecule has 3 heterocycles. The van der Waals surface area contributed by atoms with Crippen molar-refractivity contribution in [2.24, 2.45) is 11.3 Å². The summed E-state index contributed by atoms with van der Waals surface area (Å²) in [4.78, 5) is 23.4. The van der Waals surface area contributed by atoms with E-state index in [1.54, 1.807) is 4.52 Å². The molecule has 0 amide bonds. The Morgan fingerprint density at radius 2 is 2.39 bits per heavy atom. The molecular weight excluding hydrogens is 294 g/mol. The Hall–Kier alpha value is -2.18. The molecule has 0 bridgehead atoms. The maximum atomic E-state index is 12.4. The van der Waals surface area contributed by atoms with Crippen LogP contribution < -0.4 is 4.90 Å². The van der Waals surface area contributed by atoms with Crippen molar-refractivity contribution in [2.45, 2.75) is 32.6 Å². The molecule has 0 N–H and O–H groups in total. The number of rotatable bonds is 3. The molecule has 0 radical (unpaired) electrons. The second kappa shape index (κ2) is 5.18. The zero-order valence-electron chi connectivity index (χ0n) is 13.5. The highest BCUT2D eigenvalue weighted by molar-refractivity contribution is 5.79. The van der Waals surface area contributed by atoms with E-state index >= 15 is 0 Å². The largest absolute Gasteiger partial charge is 0.469 e. The highest BCUT2D eigenvalue weighted by Gasteiger charge is 2.55. The molecule has 1 saturated carbocycles. The van der Waals surface area contributed by atoms with Gasteiger partial charge >= 0.3 is 5.97 Å². The first-order valence-corrected chi connectivity index (χ1v) is 8.21. The topological polar surface area (TPSA) is 72.6 Å². The van der Waals surface area contributed by atoms with Gasteiger partial charge in [0.2, 0.25) is 0 Å². The molecule has 2 fully saturated rings. The van der Waals surface area contributed by atoms with Crippen LogP contribution in [0.4, 0.5) is 5.82 Å².